The van der Waals surface area contributed by atoms with Crippen molar-refractivity contribution in [3.05, 3.63) is 72.9 Å². The molecule has 0 heterocycles. The number of allylic oxidation sites excluding steroid dienone is 12. The first-order valence-corrected chi connectivity index (χ1v) is 23.7. The molecular weight excluding hydrogens is 707 g/mol. The van der Waals surface area contributed by atoms with Crippen molar-refractivity contribution < 1.29 is 24.5 Å². The normalized spacial score (nSPS) is 14.0. The Morgan fingerprint density at radius 1 is 0.509 bits per heavy atom. The van der Waals surface area contributed by atoms with Crippen LogP contribution >= 0.6 is 0 Å². The number of ether oxygens (including phenoxy) is 1. The molecule has 0 bridgehead atoms. The van der Waals surface area contributed by atoms with Gasteiger partial charge in [-0.3, -0.25) is 9.59 Å². The first-order valence-electron chi connectivity index (χ1n) is 23.7. The van der Waals surface area contributed by atoms with E-state index in [9.17, 15) is 19.8 Å². The molecule has 3 atom stereocenters. The molecule has 0 saturated carbocycles. The van der Waals surface area contributed by atoms with Crippen molar-refractivity contribution in [3.63, 3.8) is 0 Å². The fourth-order valence-corrected chi connectivity index (χ4v) is 6.75. The zero-order valence-electron chi connectivity index (χ0n) is 37.2. The highest BCUT2D eigenvalue weighted by Gasteiger charge is 2.24. The predicted octanol–water partition coefficient (Wildman–Crippen LogP) is 13.8. The second-order valence-corrected chi connectivity index (χ2v) is 15.9. The van der Waals surface area contributed by atoms with Crippen LogP contribution in [0.4, 0.5) is 0 Å². The number of hydrogen-bond acceptors (Lipinski definition) is 5. The van der Waals surface area contributed by atoms with Gasteiger partial charge in [0, 0.05) is 6.42 Å². The second-order valence-electron chi connectivity index (χ2n) is 15.9. The maximum absolute atomic E-state index is 13.1. The monoisotopic (exact) mass is 796 g/mol. The van der Waals surface area contributed by atoms with Crippen molar-refractivity contribution in [1.29, 1.82) is 0 Å². The lowest BCUT2D eigenvalue weighted by Crippen LogP contribution is -2.46. The molecule has 57 heavy (non-hydrogen) atoms. The molecule has 328 valence electrons. The third-order valence-corrected chi connectivity index (χ3v) is 10.4. The minimum atomic E-state index is -0.802. The fraction of sp³-hybridized carbons (Fsp3) is 0.725. The Bertz CT molecular complexity index is 1070. The van der Waals surface area contributed by atoms with Crippen LogP contribution in [0.3, 0.4) is 0 Å². The van der Waals surface area contributed by atoms with Crippen molar-refractivity contribution in [1.82, 2.24) is 5.32 Å². The maximum atomic E-state index is 13.1. The molecule has 0 aliphatic heterocycles. The lowest BCUT2D eigenvalue weighted by atomic mass is 10.0. The van der Waals surface area contributed by atoms with Crippen LogP contribution in [0.2, 0.25) is 0 Å². The van der Waals surface area contributed by atoms with Crippen molar-refractivity contribution in [2.75, 3.05) is 6.61 Å². The first kappa shape index (κ1) is 54.3. The summed E-state index contributed by atoms with van der Waals surface area (Å²) in [4.78, 5) is 26.0. The van der Waals surface area contributed by atoms with Crippen molar-refractivity contribution in [3.8, 4) is 0 Å². The van der Waals surface area contributed by atoms with Gasteiger partial charge in [-0.1, -0.05) is 203 Å². The number of aliphatic hydroxyl groups is 2. The molecule has 0 aliphatic rings. The molecule has 3 N–H and O–H groups in total. The number of carbonyl (C=O) groups excluding carboxylic acids is 2. The first-order chi connectivity index (χ1) is 28.0. The van der Waals surface area contributed by atoms with E-state index >= 15 is 0 Å². The lowest BCUT2D eigenvalue weighted by Gasteiger charge is -2.24. The van der Waals surface area contributed by atoms with Gasteiger partial charge in [-0.2, -0.15) is 0 Å². The van der Waals surface area contributed by atoms with Crippen LogP contribution in [0.5, 0.6) is 0 Å². The molecule has 0 saturated heterocycles. The van der Waals surface area contributed by atoms with E-state index in [0.717, 1.165) is 83.5 Å². The lowest BCUT2D eigenvalue weighted by molar-refractivity contribution is -0.151. The summed E-state index contributed by atoms with van der Waals surface area (Å²) in [5.41, 5.74) is 0. The van der Waals surface area contributed by atoms with Crippen LogP contribution in [-0.2, 0) is 14.3 Å². The van der Waals surface area contributed by atoms with Crippen LogP contribution in [0, 0.1) is 0 Å². The molecular formula is C51H89NO5. The van der Waals surface area contributed by atoms with Crippen molar-refractivity contribution >= 4 is 11.9 Å². The van der Waals surface area contributed by atoms with Crippen LogP contribution in [-0.4, -0.2) is 46.9 Å². The minimum absolute atomic E-state index is 0.0405. The van der Waals surface area contributed by atoms with Gasteiger partial charge >= 0.3 is 5.97 Å². The minimum Gasteiger partial charge on any atom is -0.462 e. The molecule has 0 aromatic heterocycles. The SMILES string of the molecule is CCC/C=C/C=C/C=C/C=C/C=C/CCCCCC(CC(=O)NC(CO)C(O)CCCCCCCCCCC)OC(=O)CCCCC/C=C\CCCCCCCC. The van der Waals surface area contributed by atoms with Crippen LogP contribution in [0.15, 0.2) is 72.9 Å². The van der Waals surface area contributed by atoms with Crippen LogP contribution in [0.25, 0.3) is 0 Å². The molecule has 0 aliphatic carbocycles. The summed E-state index contributed by atoms with van der Waals surface area (Å²) in [7, 11) is 0. The summed E-state index contributed by atoms with van der Waals surface area (Å²) < 4.78 is 5.88. The van der Waals surface area contributed by atoms with E-state index in [0.29, 0.717) is 19.3 Å². The topological polar surface area (TPSA) is 95.9 Å². The summed E-state index contributed by atoms with van der Waals surface area (Å²) in [6, 6.07) is -0.719. The molecule has 6 heteroatoms. The number of rotatable bonds is 41. The molecule has 0 aromatic rings. The molecule has 0 fully saturated rings. The van der Waals surface area contributed by atoms with E-state index in [2.05, 4.69) is 62.5 Å². The van der Waals surface area contributed by atoms with Crippen molar-refractivity contribution in [2.45, 2.75) is 232 Å². The second kappa shape index (κ2) is 44.4. The van der Waals surface area contributed by atoms with E-state index in [1.807, 2.05) is 36.5 Å². The van der Waals surface area contributed by atoms with E-state index in [4.69, 9.17) is 4.74 Å². The van der Waals surface area contributed by atoms with Crippen LogP contribution < -0.4 is 5.32 Å². The van der Waals surface area contributed by atoms with Crippen LogP contribution in [0.1, 0.15) is 213 Å². The highest BCUT2D eigenvalue weighted by molar-refractivity contribution is 5.77. The quantitative estimate of drug-likeness (QED) is 0.0248. The number of unbranched alkanes of at least 4 members (excludes halogenated alkanes) is 21. The Morgan fingerprint density at radius 3 is 1.49 bits per heavy atom. The molecule has 3 unspecified atom stereocenters. The van der Waals surface area contributed by atoms with E-state index in [1.165, 1.54) is 83.5 Å². The summed E-state index contributed by atoms with van der Waals surface area (Å²) in [6.07, 6.45) is 55.3. The van der Waals surface area contributed by atoms with Gasteiger partial charge < -0.3 is 20.3 Å². The molecule has 0 radical (unpaired) electrons. The summed E-state index contributed by atoms with van der Waals surface area (Å²) in [5.74, 6) is -0.541. The summed E-state index contributed by atoms with van der Waals surface area (Å²) >= 11 is 0. The number of hydrogen-bond donors (Lipinski definition) is 3. The fourth-order valence-electron chi connectivity index (χ4n) is 6.75. The third kappa shape index (κ3) is 39.9. The average Bonchev–Trinajstić information content (AvgIpc) is 3.20. The van der Waals surface area contributed by atoms with E-state index in [-0.39, 0.29) is 24.9 Å². The standard InChI is InChI=1S/C51H89NO5/c1-4-7-10-13-16-19-21-23-24-25-27-28-31-33-36-39-42-47(57-51(56)44-41-38-35-32-29-26-22-20-17-14-11-8-5-2)45-50(55)52-48(46-53)49(54)43-40-37-34-30-18-15-12-9-6-3/h10,13,16,19,21,23-29,47-49,53-54H,4-9,11-12,14-15,17-18,20,22,30-46H2,1-3H3,(H,52,55)/b13-10+,19-16+,23-21+,25-24+,28-27+,29-26-. The van der Waals surface area contributed by atoms with Crippen molar-refractivity contribution in [2.24, 2.45) is 0 Å². The van der Waals surface area contributed by atoms with E-state index < -0.39 is 18.2 Å². The van der Waals surface area contributed by atoms with Gasteiger partial charge in [-0.05, 0) is 70.6 Å². The Balaban J connectivity index is 4.75. The highest BCUT2D eigenvalue weighted by atomic mass is 16.5. The van der Waals surface area contributed by atoms with Gasteiger partial charge in [0.05, 0.1) is 25.2 Å². The van der Waals surface area contributed by atoms with Gasteiger partial charge in [0.25, 0.3) is 0 Å². The zero-order chi connectivity index (χ0) is 41.7. The predicted molar refractivity (Wildman–Crippen MR) is 245 cm³/mol. The summed E-state index contributed by atoms with van der Waals surface area (Å²) in [6.45, 7) is 6.34. The zero-order valence-corrected chi connectivity index (χ0v) is 37.2. The maximum Gasteiger partial charge on any atom is 0.306 e. The number of nitrogens with one attached hydrogen (secondary N) is 1. The Morgan fingerprint density at radius 2 is 0.947 bits per heavy atom. The van der Waals surface area contributed by atoms with Gasteiger partial charge in [-0.15, -0.1) is 0 Å². The number of aliphatic hydroxyl groups excluding tert-OH is 2. The molecule has 0 aromatic carbocycles. The smallest absolute Gasteiger partial charge is 0.306 e. The number of amides is 1. The Kier molecular flexibility index (Phi) is 42.3. The van der Waals surface area contributed by atoms with Gasteiger partial charge in [0.2, 0.25) is 5.91 Å². The number of carbonyl (C=O) groups is 2. The van der Waals surface area contributed by atoms with Gasteiger partial charge in [0.1, 0.15) is 6.10 Å². The Hall–Kier alpha value is -2.70. The molecule has 0 spiro atoms. The molecule has 0 rings (SSSR count). The Labute approximate surface area is 351 Å². The highest BCUT2D eigenvalue weighted by Crippen LogP contribution is 2.16. The largest absolute Gasteiger partial charge is 0.462 e. The summed E-state index contributed by atoms with van der Waals surface area (Å²) in [5, 5.41) is 23.6. The third-order valence-electron chi connectivity index (χ3n) is 10.4. The molecule has 6 nitrogen and oxygen atoms in total. The number of esters is 1. The van der Waals surface area contributed by atoms with E-state index in [1.54, 1.807) is 0 Å². The van der Waals surface area contributed by atoms with Gasteiger partial charge in [-0.25, -0.2) is 0 Å². The molecule has 1 amide bonds. The average molecular weight is 796 g/mol. The van der Waals surface area contributed by atoms with Gasteiger partial charge in [0.15, 0.2) is 0 Å².